The number of aryl methyl sites for hydroxylation is 2. The molecule has 0 aliphatic carbocycles. The van der Waals surface area contributed by atoms with Gasteiger partial charge < -0.3 is 20.7 Å². The zero-order valence-corrected chi connectivity index (χ0v) is 19.1. The van der Waals surface area contributed by atoms with E-state index in [1.165, 1.54) is 11.1 Å². The fraction of sp³-hybridized carbons (Fsp3) is 0.250. The van der Waals surface area contributed by atoms with Gasteiger partial charge in [0.25, 0.3) is 0 Å². The summed E-state index contributed by atoms with van der Waals surface area (Å²) in [6.07, 6.45) is 1.60. The van der Waals surface area contributed by atoms with E-state index in [9.17, 15) is 5.11 Å². The van der Waals surface area contributed by atoms with E-state index in [0.717, 1.165) is 45.4 Å². The molecule has 4 N–H and O–H groups in total. The average molecular weight is 480 g/mol. The minimum absolute atomic E-state index is 0.197. The molecule has 4 aromatic rings. The summed E-state index contributed by atoms with van der Waals surface area (Å²) in [6, 6.07) is 18.5. The lowest BCUT2D eigenvalue weighted by Gasteiger charge is -2.13. The third-order valence-electron chi connectivity index (χ3n) is 5.29. The SMILES string of the molecule is Cc1ccc(CCCO)c(NCc2ccc3nc(N)n(Cc4cccc(Br)n4)c3c2)c1. The lowest BCUT2D eigenvalue weighted by Crippen LogP contribution is -2.07. The maximum absolute atomic E-state index is 9.18. The number of imidazole rings is 1. The van der Waals surface area contributed by atoms with Crippen LogP contribution in [0.15, 0.2) is 59.2 Å². The summed E-state index contributed by atoms with van der Waals surface area (Å²) in [5, 5.41) is 12.8. The molecule has 0 fully saturated rings. The molecule has 4 rings (SSSR count). The minimum Gasteiger partial charge on any atom is -0.396 e. The number of anilines is 2. The maximum atomic E-state index is 9.18. The zero-order chi connectivity index (χ0) is 21.8. The van der Waals surface area contributed by atoms with Gasteiger partial charge in [0.1, 0.15) is 4.60 Å². The smallest absolute Gasteiger partial charge is 0.201 e. The number of aromatic nitrogens is 3. The number of nitrogens with zero attached hydrogens (tertiary/aromatic N) is 3. The molecular weight excluding hydrogens is 454 g/mol. The van der Waals surface area contributed by atoms with Gasteiger partial charge in [-0.1, -0.05) is 24.3 Å². The molecule has 0 aliphatic heterocycles. The first-order chi connectivity index (χ1) is 15.0. The Kier molecular flexibility index (Phi) is 6.53. The van der Waals surface area contributed by atoms with E-state index in [1.54, 1.807) is 0 Å². The fourth-order valence-electron chi connectivity index (χ4n) is 3.70. The third kappa shape index (κ3) is 5.06. The van der Waals surface area contributed by atoms with Crippen LogP contribution >= 0.6 is 15.9 Å². The number of fused-ring (bicyclic) bond motifs is 1. The highest BCUT2D eigenvalue weighted by Crippen LogP contribution is 2.23. The van der Waals surface area contributed by atoms with E-state index >= 15 is 0 Å². The molecule has 0 spiro atoms. The van der Waals surface area contributed by atoms with Crippen molar-refractivity contribution in [3.05, 3.63) is 81.6 Å². The molecular formula is C24H26BrN5O. The monoisotopic (exact) mass is 479 g/mol. The normalized spacial score (nSPS) is 11.2. The number of rotatable bonds is 8. The second-order valence-electron chi connectivity index (χ2n) is 7.67. The first-order valence-corrected chi connectivity index (χ1v) is 11.1. The Morgan fingerprint density at radius 2 is 1.97 bits per heavy atom. The Labute approximate surface area is 190 Å². The van der Waals surface area contributed by atoms with Gasteiger partial charge in [0.15, 0.2) is 0 Å². The van der Waals surface area contributed by atoms with Crippen molar-refractivity contribution in [2.24, 2.45) is 0 Å². The van der Waals surface area contributed by atoms with Crippen molar-refractivity contribution in [3.63, 3.8) is 0 Å². The third-order valence-corrected chi connectivity index (χ3v) is 5.73. The Bertz CT molecular complexity index is 1200. The number of halogens is 1. The number of nitrogen functional groups attached to an aromatic ring is 1. The Morgan fingerprint density at radius 3 is 2.77 bits per heavy atom. The van der Waals surface area contributed by atoms with Gasteiger partial charge >= 0.3 is 0 Å². The summed E-state index contributed by atoms with van der Waals surface area (Å²) < 4.78 is 2.79. The second-order valence-corrected chi connectivity index (χ2v) is 8.48. The average Bonchev–Trinajstić information content (AvgIpc) is 3.06. The van der Waals surface area contributed by atoms with Gasteiger partial charge in [0.2, 0.25) is 5.95 Å². The summed E-state index contributed by atoms with van der Waals surface area (Å²) in [5.74, 6) is 0.479. The van der Waals surface area contributed by atoms with Gasteiger partial charge in [-0.2, -0.15) is 0 Å². The lowest BCUT2D eigenvalue weighted by atomic mass is 10.0. The molecule has 2 aromatic heterocycles. The summed E-state index contributed by atoms with van der Waals surface area (Å²) in [7, 11) is 0. The number of nitrogens with two attached hydrogens (primary N) is 1. The summed E-state index contributed by atoms with van der Waals surface area (Å²) in [4.78, 5) is 9.03. The number of hydrogen-bond donors (Lipinski definition) is 3. The standard InChI is InChI=1S/C24H26BrN5O/c1-16-7-9-18(4-3-11-31)21(12-16)27-14-17-8-10-20-22(13-17)30(24(26)29-20)15-19-5-2-6-23(25)28-19/h2,5-10,12-13,27,31H,3-4,11,14-15H2,1H3,(H2,26,29). The van der Waals surface area contributed by atoms with Crippen molar-refractivity contribution in [2.75, 3.05) is 17.7 Å². The van der Waals surface area contributed by atoms with Crippen LogP contribution in [0.25, 0.3) is 11.0 Å². The number of pyridine rings is 1. The summed E-state index contributed by atoms with van der Waals surface area (Å²) in [6.45, 7) is 3.53. The molecule has 2 heterocycles. The molecule has 0 bridgehead atoms. The highest BCUT2D eigenvalue weighted by molar-refractivity contribution is 9.10. The van der Waals surface area contributed by atoms with Gasteiger partial charge in [-0.05, 0) is 82.7 Å². The van der Waals surface area contributed by atoms with Crippen LogP contribution in [0, 0.1) is 6.92 Å². The topological polar surface area (TPSA) is 89.0 Å². The Hall–Kier alpha value is -2.90. The highest BCUT2D eigenvalue weighted by atomic mass is 79.9. The van der Waals surface area contributed by atoms with Crippen molar-refractivity contribution in [3.8, 4) is 0 Å². The molecule has 0 unspecified atom stereocenters. The molecule has 0 aliphatic rings. The molecule has 2 aromatic carbocycles. The number of nitrogens with one attached hydrogen (secondary N) is 1. The molecule has 0 atom stereocenters. The molecule has 160 valence electrons. The van der Waals surface area contributed by atoms with Crippen molar-refractivity contribution in [2.45, 2.75) is 32.9 Å². The van der Waals surface area contributed by atoms with Crippen molar-refractivity contribution >= 4 is 38.6 Å². The van der Waals surface area contributed by atoms with Crippen molar-refractivity contribution in [1.29, 1.82) is 0 Å². The maximum Gasteiger partial charge on any atom is 0.201 e. The Balaban J connectivity index is 1.58. The Morgan fingerprint density at radius 1 is 1.10 bits per heavy atom. The first kappa shape index (κ1) is 21.3. The summed E-state index contributed by atoms with van der Waals surface area (Å²) in [5.41, 5.74) is 13.7. The fourth-order valence-corrected chi connectivity index (χ4v) is 4.08. The molecule has 0 saturated heterocycles. The predicted molar refractivity (Wildman–Crippen MR) is 129 cm³/mol. The molecule has 31 heavy (non-hydrogen) atoms. The van der Waals surface area contributed by atoms with E-state index < -0.39 is 0 Å². The molecule has 0 radical (unpaired) electrons. The number of aliphatic hydroxyl groups excluding tert-OH is 1. The van der Waals surface area contributed by atoms with Crippen LogP contribution in [0.1, 0.15) is 28.8 Å². The van der Waals surface area contributed by atoms with Crippen LogP contribution in [-0.2, 0) is 19.5 Å². The number of aliphatic hydroxyl groups is 1. The lowest BCUT2D eigenvalue weighted by molar-refractivity contribution is 0.288. The van der Waals surface area contributed by atoms with Crippen molar-refractivity contribution in [1.82, 2.24) is 14.5 Å². The molecule has 7 heteroatoms. The quantitative estimate of drug-likeness (QED) is 0.319. The van der Waals surface area contributed by atoms with Gasteiger partial charge in [-0.15, -0.1) is 0 Å². The first-order valence-electron chi connectivity index (χ1n) is 10.3. The van der Waals surface area contributed by atoms with E-state index in [4.69, 9.17) is 5.73 Å². The van der Waals surface area contributed by atoms with Gasteiger partial charge in [-0.3, -0.25) is 0 Å². The summed E-state index contributed by atoms with van der Waals surface area (Å²) >= 11 is 3.43. The van der Waals surface area contributed by atoms with Crippen LogP contribution in [0.4, 0.5) is 11.6 Å². The van der Waals surface area contributed by atoms with E-state index in [0.29, 0.717) is 19.0 Å². The number of hydrogen-bond acceptors (Lipinski definition) is 5. The van der Waals surface area contributed by atoms with Crippen LogP contribution < -0.4 is 11.1 Å². The van der Waals surface area contributed by atoms with E-state index in [2.05, 4.69) is 68.5 Å². The van der Waals surface area contributed by atoms with Gasteiger partial charge in [0, 0.05) is 18.8 Å². The molecule has 0 saturated carbocycles. The van der Waals surface area contributed by atoms with Crippen LogP contribution in [-0.4, -0.2) is 26.2 Å². The minimum atomic E-state index is 0.197. The van der Waals surface area contributed by atoms with Gasteiger partial charge in [0.05, 0.1) is 23.3 Å². The van der Waals surface area contributed by atoms with E-state index in [-0.39, 0.29) is 6.61 Å². The van der Waals surface area contributed by atoms with Gasteiger partial charge in [-0.25, -0.2) is 9.97 Å². The molecule has 0 amide bonds. The number of benzene rings is 2. The van der Waals surface area contributed by atoms with Crippen LogP contribution in [0.5, 0.6) is 0 Å². The predicted octanol–water partition coefficient (Wildman–Crippen LogP) is 4.67. The van der Waals surface area contributed by atoms with E-state index in [1.807, 2.05) is 28.8 Å². The largest absolute Gasteiger partial charge is 0.396 e. The highest BCUT2D eigenvalue weighted by Gasteiger charge is 2.11. The molecule has 6 nitrogen and oxygen atoms in total. The zero-order valence-electron chi connectivity index (χ0n) is 17.5. The van der Waals surface area contributed by atoms with Crippen molar-refractivity contribution < 1.29 is 5.11 Å². The van der Waals surface area contributed by atoms with Crippen LogP contribution in [0.2, 0.25) is 0 Å². The second kappa shape index (κ2) is 9.49. The van der Waals surface area contributed by atoms with Crippen LogP contribution in [0.3, 0.4) is 0 Å².